The summed E-state index contributed by atoms with van der Waals surface area (Å²) < 4.78 is 1.78. The largest absolute Gasteiger partial charge is 0.350 e. The smallest absolute Gasteiger partial charge is 0.230 e. The first-order chi connectivity index (χ1) is 11.6. The summed E-state index contributed by atoms with van der Waals surface area (Å²) in [5.74, 6) is 0.428. The van der Waals surface area contributed by atoms with E-state index in [0.29, 0.717) is 29.9 Å². The third-order valence-corrected chi connectivity index (χ3v) is 5.83. The zero-order chi connectivity index (χ0) is 16.9. The molecule has 3 rings (SSSR count). The van der Waals surface area contributed by atoms with Crippen LogP contribution in [0.1, 0.15) is 44.9 Å². The molecule has 2 aliphatic rings. The maximum Gasteiger partial charge on any atom is 0.230 e. The van der Waals surface area contributed by atoms with Gasteiger partial charge in [0.05, 0.1) is 11.8 Å². The van der Waals surface area contributed by atoms with Crippen LogP contribution >= 0.6 is 11.8 Å². The predicted molar refractivity (Wildman–Crippen MR) is 91.5 cm³/mol. The lowest BCUT2D eigenvalue weighted by Crippen LogP contribution is -2.41. The van der Waals surface area contributed by atoms with Crippen molar-refractivity contribution < 1.29 is 9.59 Å². The second kappa shape index (κ2) is 8.00. The van der Waals surface area contributed by atoms with Gasteiger partial charge in [0.25, 0.3) is 0 Å². The number of aryl methyl sites for hydroxylation is 1. The number of thioether (sulfide) groups is 1. The molecule has 0 spiro atoms. The fourth-order valence-electron chi connectivity index (χ4n) is 3.55. The first-order valence-electron chi connectivity index (χ1n) is 8.69. The highest BCUT2D eigenvalue weighted by molar-refractivity contribution is 7.99. The van der Waals surface area contributed by atoms with E-state index in [1.807, 2.05) is 11.9 Å². The molecule has 2 heterocycles. The van der Waals surface area contributed by atoms with E-state index in [1.54, 1.807) is 10.9 Å². The molecule has 1 N–H and O–H groups in total. The fraction of sp³-hybridized carbons (Fsp3) is 0.750. The number of hydrogen-bond acceptors (Lipinski definition) is 5. The zero-order valence-corrected chi connectivity index (χ0v) is 14.9. The Bertz CT molecular complexity index is 583. The molecule has 7 nitrogen and oxygen atoms in total. The summed E-state index contributed by atoms with van der Waals surface area (Å²) in [5.41, 5.74) is 0. The fourth-order valence-corrected chi connectivity index (χ4v) is 4.25. The molecule has 2 amide bonds. The molecule has 0 bridgehead atoms. The highest BCUT2D eigenvalue weighted by Gasteiger charge is 2.35. The van der Waals surface area contributed by atoms with Crippen LogP contribution in [0.25, 0.3) is 0 Å². The molecule has 1 atom stereocenters. The summed E-state index contributed by atoms with van der Waals surface area (Å²) in [6.07, 6.45) is 9.22. The molecule has 1 saturated carbocycles. The van der Waals surface area contributed by atoms with E-state index in [4.69, 9.17) is 0 Å². The second-order valence-corrected chi connectivity index (χ2v) is 7.62. The van der Waals surface area contributed by atoms with Crippen LogP contribution in [0, 0.1) is 0 Å². The third-order valence-electron chi connectivity index (χ3n) is 4.79. The summed E-state index contributed by atoms with van der Waals surface area (Å²) in [7, 11) is 1.85. The van der Waals surface area contributed by atoms with Crippen LogP contribution < -0.4 is 5.32 Å². The normalized spacial score (nSPS) is 22.6. The first kappa shape index (κ1) is 17.3. The number of nitrogens with zero attached hydrogens (tertiary/aromatic N) is 4. The van der Waals surface area contributed by atoms with Gasteiger partial charge in [0, 0.05) is 26.1 Å². The van der Waals surface area contributed by atoms with Crippen LogP contribution in [0.3, 0.4) is 0 Å². The Morgan fingerprint density at radius 2 is 2.08 bits per heavy atom. The number of aromatic nitrogens is 3. The highest BCUT2D eigenvalue weighted by atomic mass is 32.2. The number of likely N-dealkylation sites (tertiary alicyclic amines) is 1. The predicted octanol–water partition coefficient (Wildman–Crippen LogP) is 1.35. The number of hydrogen-bond donors (Lipinski definition) is 1. The van der Waals surface area contributed by atoms with Gasteiger partial charge in [-0.2, -0.15) is 0 Å². The second-order valence-electron chi connectivity index (χ2n) is 6.67. The number of carbonyl (C=O) groups is 2. The Kier molecular flexibility index (Phi) is 5.76. The number of amides is 2. The highest BCUT2D eigenvalue weighted by Crippen LogP contribution is 2.26. The lowest BCUT2D eigenvalue weighted by molar-refractivity contribution is -0.129. The minimum Gasteiger partial charge on any atom is -0.350 e. The summed E-state index contributed by atoms with van der Waals surface area (Å²) in [6.45, 7) is 0.657. The van der Waals surface area contributed by atoms with Crippen molar-refractivity contribution >= 4 is 23.6 Å². The average molecular weight is 351 g/mol. The van der Waals surface area contributed by atoms with Crippen molar-refractivity contribution in [2.45, 2.75) is 62.2 Å². The molecule has 132 valence electrons. The number of nitrogens with one attached hydrogen (secondary N) is 1. The zero-order valence-electron chi connectivity index (χ0n) is 14.1. The van der Waals surface area contributed by atoms with E-state index in [1.165, 1.54) is 37.4 Å². The molecule has 24 heavy (non-hydrogen) atoms. The Balaban J connectivity index is 1.46. The molecule has 1 aromatic rings. The molecule has 2 fully saturated rings. The summed E-state index contributed by atoms with van der Waals surface area (Å²) in [5, 5.41) is 11.5. The van der Waals surface area contributed by atoms with Crippen LogP contribution in [0.2, 0.25) is 0 Å². The molecule has 8 heteroatoms. The lowest BCUT2D eigenvalue weighted by Gasteiger charge is -2.27. The van der Waals surface area contributed by atoms with Crippen LogP contribution in [0.5, 0.6) is 0 Å². The van der Waals surface area contributed by atoms with E-state index in [-0.39, 0.29) is 17.9 Å². The number of rotatable bonds is 5. The molecule has 1 aliphatic carbocycles. The van der Waals surface area contributed by atoms with Gasteiger partial charge in [-0.05, 0) is 12.8 Å². The van der Waals surface area contributed by atoms with E-state index >= 15 is 0 Å². The van der Waals surface area contributed by atoms with Gasteiger partial charge in [-0.3, -0.25) is 9.59 Å². The number of carbonyl (C=O) groups excluding carboxylic acids is 2. The van der Waals surface area contributed by atoms with Gasteiger partial charge < -0.3 is 14.8 Å². The van der Waals surface area contributed by atoms with Crippen molar-refractivity contribution in [3.8, 4) is 0 Å². The van der Waals surface area contributed by atoms with Gasteiger partial charge in [0.2, 0.25) is 11.8 Å². The molecular weight excluding hydrogens is 326 g/mol. The Morgan fingerprint density at radius 1 is 1.33 bits per heavy atom. The summed E-state index contributed by atoms with van der Waals surface area (Å²) >= 11 is 1.36. The van der Waals surface area contributed by atoms with Crippen LogP contribution in [-0.2, 0) is 16.6 Å². The van der Waals surface area contributed by atoms with E-state index in [0.717, 1.165) is 12.8 Å². The maximum absolute atomic E-state index is 12.3. The first-order valence-corrected chi connectivity index (χ1v) is 9.67. The van der Waals surface area contributed by atoms with E-state index in [9.17, 15) is 9.59 Å². The quantitative estimate of drug-likeness (QED) is 0.640. The molecule has 0 aromatic carbocycles. The molecule has 1 aliphatic heterocycles. The Hall–Kier alpha value is -1.57. The SMILES string of the molecule is Cn1cnnc1SCC(=O)N[C@H]1CC(=O)N(C2CCCCCC2)C1. The Morgan fingerprint density at radius 3 is 2.75 bits per heavy atom. The average Bonchev–Trinajstić information content (AvgIpc) is 3.01. The van der Waals surface area contributed by atoms with Crippen molar-refractivity contribution in [3.05, 3.63) is 6.33 Å². The van der Waals surface area contributed by atoms with Crippen LogP contribution in [0.4, 0.5) is 0 Å². The van der Waals surface area contributed by atoms with Gasteiger partial charge >= 0.3 is 0 Å². The molecule has 0 radical (unpaired) electrons. The minimum atomic E-state index is -0.0617. The molecule has 1 saturated heterocycles. The maximum atomic E-state index is 12.3. The van der Waals surface area contributed by atoms with Crippen molar-refractivity contribution in [3.63, 3.8) is 0 Å². The van der Waals surface area contributed by atoms with Crippen LogP contribution in [-0.4, -0.2) is 55.9 Å². The third kappa shape index (κ3) is 4.28. The van der Waals surface area contributed by atoms with Crippen LogP contribution in [0.15, 0.2) is 11.5 Å². The van der Waals surface area contributed by atoms with Crippen molar-refractivity contribution in [1.29, 1.82) is 0 Å². The van der Waals surface area contributed by atoms with Crippen molar-refractivity contribution in [2.75, 3.05) is 12.3 Å². The summed E-state index contributed by atoms with van der Waals surface area (Å²) in [6, 6.07) is 0.309. The van der Waals surface area contributed by atoms with Gasteiger partial charge in [0.15, 0.2) is 5.16 Å². The molecular formula is C16H25N5O2S. The molecule has 1 aromatic heterocycles. The van der Waals surface area contributed by atoms with E-state index < -0.39 is 0 Å². The Labute approximate surface area is 146 Å². The van der Waals surface area contributed by atoms with Gasteiger partial charge in [-0.1, -0.05) is 37.4 Å². The minimum absolute atomic E-state index is 0.0523. The topological polar surface area (TPSA) is 80.1 Å². The monoisotopic (exact) mass is 351 g/mol. The molecule has 0 unspecified atom stereocenters. The van der Waals surface area contributed by atoms with Gasteiger partial charge in [0.1, 0.15) is 6.33 Å². The lowest BCUT2D eigenvalue weighted by atomic mass is 10.1. The van der Waals surface area contributed by atoms with Crippen molar-refractivity contribution in [1.82, 2.24) is 25.0 Å². The standard InChI is InChI=1S/C16H25N5O2S/c1-20-11-17-19-16(20)24-10-14(22)18-12-8-15(23)21(9-12)13-6-4-2-3-5-7-13/h11-13H,2-10H2,1H3,(H,18,22)/t12-/m0/s1. The van der Waals surface area contributed by atoms with Gasteiger partial charge in [-0.15, -0.1) is 10.2 Å². The van der Waals surface area contributed by atoms with Gasteiger partial charge in [-0.25, -0.2) is 0 Å². The summed E-state index contributed by atoms with van der Waals surface area (Å²) in [4.78, 5) is 26.5. The van der Waals surface area contributed by atoms with E-state index in [2.05, 4.69) is 15.5 Å². The van der Waals surface area contributed by atoms with Crippen molar-refractivity contribution in [2.24, 2.45) is 7.05 Å².